The van der Waals surface area contributed by atoms with Crippen LogP contribution >= 0.6 is 0 Å². The molecule has 6 heteroatoms. The van der Waals surface area contributed by atoms with E-state index in [1.807, 2.05) is 32.0 Å². The normalized spacial score (nSPS) is 28.6. The molecule has 3 aliphatic rings. The molecule has 4 rings (SSSR count). The van der Waals surface area contributed by atoms with E-state index in [4.69, 9.17) is 0 Å². The van der Waals surface area contributed by atoms with Gasteiger partial charge in [0, 0.05) is 18.8 Å². The Morgan fingerprint density at radius 2 is 1.65 bits per heavy atom. The third-order valence-electron chi connectivity index (χ3n) is 5.90. The number of carbonyl (C=O) groups excluding carboxylic acids is 3. The molecule has 1 heterocycles. The molecule has 6 nitrogen and oxygen atoms in total. The van der Waals surface area contributed by atoms with E-state index in [0.717, 1.165) is 23.2 Å². The summed E-state index contributed by atoms with van der Waals surface area (Å²) in [4.78, 5) is 38.6. The van der Waals surface area contributed by atoms with Crippen LogP contribution in [0.2, 0.25) is 0 Å². The number of urea groups is 1. The van der Waals surface area contributed by atoms with Gasteiger partial charge in [0.2, 0.25) is 11.8 Å². The fourth-order valence-electron chi connectivity index (χ4n) is 4.64. The molecule has 2 N–H and O–H groups in total. The van der Waals surface area contributed by atoms with Crippen LogP contribution in [-0.4, -0.2) is 35.8 Å². The first kappa shape index (κ1) is 16.8. The summed E-state index contributed by atoms with van der Waals surface area (Å²) < 4.78 is 0. The average molecular weight is 353 g/mol. The van der Waals surface area contributed by atoms with Crippen LogP contribution in [0.4, 0.5) is 10.5 Å². The molecule has 26 heavy (non-hydrogen) atoms. The van der Waals surface area contributed by atoms with Crippen molar-refractivity contribution in [2.75, 3.05) is 18.4 Å². The van der Waals surface area contributed by atoms with Crippen molar-refractivity contribution >= 4 is 23.5 Å². The number of anilines is 1. The van der Waals surface area contributed by atoms with Gasteiger partial charge in [-0.25, -0.2) is 4.79 Å². The Morgan fingerprint density at radius 1 is 1.08 bits per heavy atom. The van der Waals surface area contributed by atoms with Crippen molar-refractivity contribution < 1.29 is 14.4 Å². The van der Waals surface area contributed by atoms with E-state index >= 15 is 0 Å². The first-order valence-electron chi connectivity index (χ1n) is 9.12. The molecule has 0 radical (unpaired) electrons. The zero-order valence-corrected chi connectivity index (χ0v) is 15.0. The molecule has 4 amide bonds. The molecule has 1 saturated heterocycles. The van der Waals surface area contributed by atoms with Gasteiger partial charge in [0.15, 0.2) is 0 Å². The standard InChI is InChI=1S/C20H23N3O3/c1-11-4-3-5-12(2)17(11)22-20(26)21-8-9-23-18(24)15-13-6-7-14(10-13)16(15)19(23)25/h3-7,13-16H,8-10H2,1-2H3,(H2,21,22,26)/t13-,14-,15+,16+/m0/s1. The van der Waals surface area contributed by atoms with Crippen LogP contribution in [0.3, 0.4) is 0 Å². The first-order chi connectivity index (χ1) is 12.5. The monoisotopic (exact) mass is 353 g/mol. The van der Waals surface area contributed by atoms with E-state index in [2.05, 4.69) is 22.8 Å². The van der Waals surface area contributed by atoms with Gasteiger partial charge in [0.1, 0.15) is 0 Å². The van der Waals surface area contributed by atoms with Crippen LogP contribution in [-0.2, 0) is 9.59 Å². The van der Waals surface area contributed by atoms with Crippen LogP contribution in [0.5, 0.6) is 0 Å². The molecule has 0 aromatic heterocycles. The Balaban J connectivity index is 1.32. The second kappa shape index (κ2) is 6.27. The van der Waals surface area contributed by atoms with Gasteiger partial charge in [-0.1, -0.05) is 30.4 Å². The minimum Gasteiger partial charge on any atom is -0.336 e. The number of likely N-dealkylation sites (tertiary alicyclic amines) is 1. The Morgan fingerprint density at radius 3 is 2.23 bits per heavy atom. The number of nitrogens with zero attached hydrogens (tertiary/aromatic N) is 1. The third kappa shape index (κ3) is 2.60. The van der Waals surface area contributed by atoms with Crippen LogP contribution < -0.4 is 10.6 Å². The van der Waals surface area contributed by atoms with Crippen LogP contribution in [0.1, 0.15) is 17.5 Å². The number of benzene rings is 1. The maximum Gasteiger partial charge on any atom is 0.319 e. The molecular formula is C20H23N3O3. The number of hydrogen-bond donors (Lipinski definition) is 2. The van der Waals surface area contributed by atoms with Crippen molar-refractivity contribution in [1.82, 2.24) is 10.2 Å². The van der Waals surface area contributed by atoms with Crippen LogP contribution in [0.25, 0.3) is 0 Å². The molecule has 0 spiro atoms. The highest BCUT2D eigenvalue weighted by molar-refractivity contribution is 6.06. The quantitative estimate of drug-likeness (QED) is 0.644. The summed E-state index contributed by atoms with van der Waals surface area (Å²) in [6.45, 7) is 4.34. The van der Waals surface area contributed by atoms with Gasteiger partial charge in [-0.15, -0.1) is 0 Å². The van der Waals surface area contributed by atoms with E-state index < -0.39 is 0 Å². The number of aryl methyl sites for hydroxylation is 2. The average Bonchev–Trinajstić information content (AvgIpc) is 3.27. The van der Waals surface area contributed by atoms with Crippen molar-refractivity contribution in [2.45, 2.75) is 20.3 Å². The number of fused-ring (bicyclic) bond motifs is 5. The third-order valence-corrected chi connectivity index (χ3v) is 5.90. The minimum atomic E-state index is -0.330. The molecule has 1 aromatic rings. The Kier molecular flexibility index (Phi) is 4.05. The minimum absolute atomic E-state index is 0.0752. The molecule has 1 saturated carbocycles. The lowest BCUT2D eigenvalue weighted by molar-refractivity contribution is -0.140. The number of imide groups is 1. The van der Waals surface area contributed by atoms with E-state index in [9.17, 15) is 14.4 Å². The maximum atomic E-state index is 12.6. The molecule has 1 aromatic carbocycles. The molecule has 2 aliphatic carbocycles. The highest BCUT2D eigenvalue weighted by Gasteiger charge is 2.58. The Hall–Kier alpha value is -2.63. The lowest BCUT2D eigenvalue weighted by Crippen LogP contribution is -2.41. The number of para-hydroxylation sites is 1. The second-order valence-corrected chi connectivity index (χ2v) is 7.48. The fraction of sp³-hybridized carbons (Fsp3) is 0.450. The van der Waals surface area contributed by atoms with E-state index in [1.54, 1.807) is 0 Å². The fourth-order valence-corrected chi connectivity index (χ4v) is 4.64. The molecule has 1 aliphatic heterocycles. The summed E-state index contributed by atoms with van der Waals surface area (Å²) in [5, 5.41) is 5.59. The van der Waals surface area contributed by atoms with Crippen molar-refractivity contribution in [2.24, 2.45) is 23.7 Å². The van der Waals surface area contributed by atoms with Gasteiger partial charge in [0.05, 0.1) is 11.8 Å². The Bertz CT molecular complexity index is 766. The summed E-state index contributed by atoms with van der Waals surface area (Å²) >= 11 is 0. The molecule has 136 valence electrons. The van der Waals surface area contributed by atoms with Crippen molar-refractivity contribution in [3.05, 3.63) is 41.5 Å². The first-order valence-corrected chi connectivity index (χ1v) is 9.12. The van der Waals surface area contributed by atoms with Gasteiger partial charge in [-0.3, -0.25) is 14.5 Å². The number of rotatable bonds is 4. The van der Waals surface area contributed by atoms with Crippen LogP contribution in [0, 0.1) is 37.5 Å². The summed E-state index contributed by atoms with van der Waals surface area (Å²) in [6, 6.07) is 5.48. The number of allylic oxidation sites excluding steroid dienone is 2. The van der Waals surface area contributed by atoms with Crippen molar-refractivity contribution in [3.8, 4) is 0 Å². The highest BCUT2D eigenvalue weighted by atomic mass is 16.2. The largest absolute Gasteiger partial charge is 0.336 e. The zero-order chi connectivity index (χ0) is 18.4. The lowest BCUT2D eigenvalue weighted by Gasteiger charge is -2.18. The van der Waals surface area contributed by atoms with Gasteiger partial charge in [0.25, 0.3) is 0 Å². The maximum absolute atomic E-state index is 12.6. The van der Waals surface area contributed by atoms with Gasteiger partial charge >= 0.3 is 6.03 Å². The van der Waals surface area contributed by atoms with Crippen molar-refractivity contribution in [3.63, 3.8) is 0 Å². The number of nitrogens with one attached hydrogen (secondary N) is 2. The summed E-state index contributed by atoms with van der Waals surface area (Å²) in [7, 11) is 0. The number of hydrogen-bond acceptors (Lipinski definition) is 3. The molecule has 4 atom stereocenters. The van der Waals surface area contributed by atoms with Crippen molar-refractivity contribution in [1.29, 1.82) is 0 Å². The molecule has 0 unspecified atom stereocenters. The predicted molar refractivity (Wildman–Crippen MR) is 97.4 cm³/mol. The second-order valence-electron chi connectivity index (χ2n) is 7.48. The van der Waals surface area contributed by atoms with E-state index in [-0.39, 0.29) is 54.6 Å². The summed E-state index contributed by atoms with van der Waals surface area (Å²) in [6.07, 6.45) is 5.09. The van der Waals surface area contributed by atoms with E-state index in [1.165, 1.54) is 4.90 Å². The summed E-state index contributed by atoms with van der Waals surface area (Å²) in [5.74, 6) is -0.0806. The topological polar surface area (TPSA) is 78.5 Å². The molecule has 2 bridgehead atoms. The van der Waals surface area contributed by atoms with Gasteiger partial charge in [-0.2, -0.15) is 0 Å². The van der Waals surface area contributed by atoms with E-state index in [0.29, 0.717) is 0 Å². The number of carbonyl (C=O) groups is 3. The lowest BCUT2D eigenvalue weighted by atomic mass is 9.85. The summed E-state index contributed by atoms with van der Waals surface area (Å²) in [5.41, 5.74) is 2.76. The van der Waals surface area contributed by atoms with Crippen LogP contribution in [0.15, 0.2) is 30.4 Å². The number of amides is 4. The Labute approximate surface area is 152 Å². The van der Waals surface area contributed by atoms with Gasteiger partial charge < -0.3 is 10.6 Å². The highest BCUT2D eigenvalue weighted by Crippen LogP contribution is 2.52. The zero-order valence-electron chi connectivity index (χ0n) is 15.0. The molecule has 2 fully saturated rings. The predicted octanol–water partition coefficient (Wildman–Crippen LogP) is 2.23. The smallest absolute Gasteiger partial charge is 0.319 e. The molecular weight excluding hydrogens is 330 g/mol. The SMILES string of the molecule is Cc1cccc(C)c1NC(=O)NCCN1C(=O)[C@H]2[C@H](C1=O)[C@H]1C=C[C@H]2C1. The van der Waals surface area contributed by atoms with Gasteiger partial charge in [-0.05, 0) is 43.2 Å².